The first-order valence-electron chi connectivity index (χ1n) is 6.54. The number of halogens is 2. The summed E-state index contributed by atoms with van der Waals surface area (Å²) in [4.78, 5) is 0. The summed E-state index contributed by atoms with van der Waals surface area (Å²) in [5.41, 5.74) is 3.89. The third-order valence-corrected chi connectivity index (χ3v) is 4.63. The summed E-state index contributed by atoms with van der Waals surface area (Å²) < 4.78 is 19.3. The standard InChI is InChI=1S/C14H20BrFN2O/c1-19-14(5-2-6-14)9-11(18-17)7-10-3-4-13(16)12(15)8-10/h3-4,8,11,18H,2,5-7,9,17H2,1H3. The molecule has 0 aliphatic heterocycles. The molecule has 106 valence electrons. The van der Waals surface area contributed by atoms with Gasteiger partial charge in [0.15, 0.2) is 0 Å². The Bertz CT molecular complexity index is 432. The van der Waals surface area contributed by atoms with Gasteiger partial charge in [-0.3, -0.25) is 11.3 Å². The molecule has 1 aromatic carbocycles. The largest absolute Gasteiger partial charge is 0.378 e. The maximum atomic E-state index is 13.2. The Morgan fingerprint density at radius 1 is 1.53 bits per heavy atom. The van der Waals surface area contributed by atoms with Crippen LogP contribution in [0.1, 0.15) is 31.2 Å². The van der Waals surface area contributed by atoms with Gasteiger partial charge in [0, 0.05) is 13.2 Å². The van der Waals surface area contributed by atoms with E-state index >= 15 is 0 Å². The molecule has 0 radical (unpaired) electrons. The van der Waals surface area contributed by atoms with Crippen molar-refractivity contribution < 1.29 is 9.13 Å². The summed E-state index contributed by atoms with van der Waals surface area (Å²) in [7, 11) is 1.77. The number of benzene rings is 1. The number of nitrogens with one attached hydrogen (secondary N) is 1. The predicted molar refractivity (Wildman–Crippen MR) is 77.1 cm³/mol. The van der Waals surface area contributed by atoms with E-state index in [9.17, 15) is 4.39 Å². The van der Waals surface area contributed by atoms with Crippen molar-refractivity contribution in [2.75, 3.05) is 7.11 Å². The van der Waals surface area contributed by atoms with Gasteiger partial charge in [-0.15, -0.1) is 0 Å². The number of ether oxygens (including phenoxy) is 1. The van der Waals surface area contributed by atoms with Crippen molar-refractivity contribution in [3.63, 3.8) is 0 Å². The number of rotatable bonds is 6. The van der Waals surface area contributed by atoms with E-state index in [0.717, 1.165) is 31.2 Å². The molecule has 5 heteroatoms. The Balaban J connectivity index is 2.00. The van der Waals surface area contributed by atoms with Gasteiger partial charge in [-0.25, -0.2) is 4.39 Å². The van der Waals surface area contributed by atoms with Gasteiger partial charge in [0.1, 0.15) is 5.82 Å². The zero-order valence-electron chi connectivity index (χ0n) is 11.1. The van der Waals surface area contributed by atoms with Crippen LogP contribution in [0.2, 0.25) is 0 Å². The lowest BCUT2D eigenvalue weighted by molar-refractivity contribution is -0.0834. The van der Waals surface area contributed by atoms with Crippen LogP contribution < -0.4 is 11.3 Å². The van der Waals surface area contributed by atoms with Gasteiger partial charge in [-0.1, -0.05) is 6.07 Å². The van der Waals surface area contributed by atoms with E-state index in [2.05, 4.69) is 21.4 Å². The molecule has 0 heterocycles. The minimum Gasteiger partial charge on any atom is -0.378 e. The number of hydrogen-bond donors (Lipinski definition) is 2. The van der Waals surface area contributed by atoms with Gasteiger partial charge < -0.3 is 4.74 Å². The predicted octanol–water partition coefficient (Wildman–Crippen LogP) is 2.92. The Hall–Kier alpha value is -0.490. The first kappa shape index (κ1) is 14.9. The van der Waals surface area contributed by atoms with Crippen molar-refractivity contribution >= 4 is 15.9 Å². The van der Waals surface area contributed by atoms with Crippen molar-refractivity contribution in [1.29, 1.82) is 0 Å². The monoisotopic (exact) mass is 330 g/mol. The van der Waals surface area contributed by atoms with Gasteiger partial charge in [0.25, 0.3) is 0 Å². The molecule has 3 N–H and O–H groups in total. The molecule has 1 atom stereocenters. The van der Waals surface area contributed by atoms with Crippen LogP contribution in [0.5, 0.6) is 0 Å². The summed E-state index contributed by atoms with van der Waals surface area (Å²) in [6.07, 6.45) is 5.05. The molecule has 1 fully saturated rings. The van der Waals surface area contributed by atoms with Crippen molar-refractivity contribution in [3.05, 3.63) is 34.1 Å². The summed E-state index contributed by atoms with van der Waals surface area (Å²) in [6, 6.07) is 5.21. The summed E-state index contributed by atoms with van der Waals surface area (Å²) >= 11 is 3.21. The smallest absolute Gasteiger partial charge is 0.137 e. The highest BCUT2D eigenvalue weighted by atomic mass is 79.9. The van der Waals surface area contributed by atoms with E-state index in [0.29, 0.717) is 4.47 Å². The molecule has 0 bridgehead atoms. The van der Waals surface area contributed by atoms with Gasteiger partial charge in [-0.05, 0) is 65.7 Å². The maximum Gasteiger partial charge on any atom is 0.137 e. The van der Waals surface area contributed by atoms with E-state index in [1.807, 2.05) is 0 Å². The number of hydrazine groups is 1. The second-order valence-corrected chi connectivity index (χ2v) is 6.12. The summed E-state index contributed by atoms with van der Waals surface area (Å²) in [6.45, 7) is 0. The minimum absolute atomic E-state index is 0.0195. The zero-order valence-corrected chi connectivity index (χ0v) is 12.7. The van der Waals surface area contributed by atoms with Crippen LogP contribution in [0, 0.1) is 5.82 Å². The number of hydrogen-bond acceptors (Lipinski definition) is 3. The lowest BCUT2D eigenvalue weighted by atomic mass is 9.75. The summed E-state index contributed by atoms with van der Waals surface area (Å²) in [5, 5.41) is 0. The Labute approximate surface area is 121 Å². The fourth-order valence-corrected chi connectivity index (χ4v) is 3.08. The first-order valence-corrected chi connectivity index (χ1v) is 7.33. The number of methoxy groups -OCH3 is 1. The van der Waals surface area contributed by atoms with Gasteiger partial charge in [-0.2, -0.15) is 0 Å². The van der Waals surface area contributed by atoms with E-state index in [1.165, 1.54) is 12.5 Å². The molecule has 3 nitrogen and oxygen atoms in total. The molecule has 0 spiro atoms. The molecule has 0 aromatic heterocycles. The lowest BCUT2D eigenvalue weighted by Crippen LogP contribution is -2.48. The maximum absolute atomic E-state index is 13.2. The molecule has 1 saturated carbocycles. The second-order valence-electron chi connectivity index (χ2n) is 5.26. The fourth-order valence-electron chi connectivity index (χ4n) is 2.65. The molecule has 2 rings (SSSR count). The first-order chi connectivity index (χ1) is 9.08. The van der Waals surface area contributed by atoms with E-state index in [4.69, 9.17) is 10.6 Å². The molecular formula is C14H20BrFN2O. The fraction of sp³-hybridized carbons (Fsp3) is 0.571. The molecule has 0 saturated heterocycles. The quantitative estimate of drug-likeness (QED) is 0.622. The Morgan fingerprint density at radius 3 is 2.74 bits per heavy atom. The van der Waals surface area contributed by atoms with Crippen molar-refractivity contribution in [3.8, 4) is 0 Å². The van der Waals surface area contributed by atoms with Crippen molar-refractivity contribution in [1.82, 2.24) is 5.43 Å². The van der Waals surface area contributed by atoms with Crippen molar-refractivity contribution in [2.24, 2.45) is 5.84 Å². The lowest BCUT2D eigenvalue weighted by Gasteiger charge is -2.42. The third-order valence-electron chi connectivity index (χ3n) is 4.02. The Morgan fingerprint density at radius 2 is 2.26 bits per heavy atom. The minimum atomic E-state index is -0.242. The van der Waals surface area contributed by atoms with Crippen LogP contribution in [-0.2, 0) is 11.2 Å². The highest BCUT2D eigenvalue weighted by Crippen LogP contribution is 2.39. The van der Waals surface area contributed by atoms with Gasteiger partial charge in [0.2, 0.25) is 0 Å². The van der Waals surface area contributed by atoms with Crippen LogP contribution >= 0.6 is 15.9 Å². The zero-order chi connectivity index (χ0) is 13.9. The average Bonchev–Trinajstić information content (AvgIpc) is 2.36. The van der Waals surface area contributed by atoms with Crippen LogP contribution in [0.4, 0.5) is 4.39 Å². The van der Waals surface area contributed by atoms with Gasteiger partial charge in [0.05, 0.1) is 10.1 Å². The molecule has 1 aliphatic rings. The topological polar surface area (TPSA) is 47.3 Å². The van der Waals surface area contributed by atoms with Crippen LogP contribution in [0.15, 0.2) is 22.7 Å². The third kappa shape index (κ3) is 3.54. The summed E-state index contributed by atoms with van der Waals surface area (Å²) in [5.74, 6) is 5.40. The average molecular weight is 331 g/mol. The van der Waals surface area contributed by atoms with Gasteiger partial charge >= 0.3 is 0 Å². The molecule has 0 amide bonds. The molecular weight excluding hydrogens is 311 g/mol. The van der Waals surface area contributed by atoms with E-state index in [-0.39, 0.29) is 17.5 Å². The normalized spacial score (nSPS) is 18.9. The molecule has 1 unspecified atom stereocenters. The van der Waals surface area contributed by atoms with Crippen LogP contribution in [-0.4, -0.2) is 18.8 Å². The van der Waals surface area contributed by atoms with E-state index in [1.54, 1.807) is 19.2 Å². The van der Waals surface area contributed by atoms with Crippen LogP contribution in [0.3, 0.4) is 0 Å². The SMILES string of the molecule is COC1(CC(Cc2ccc(F)c(Br)c2)NN)CCC1. The highest BCUT2D eigenvalue weighted by molar-refractivity contribution is 9.10. The molecule has 1 aromatic rings. The number of nitrogens with two attached hydrogens (primary N) is 1. The molecule has 19 heavy (non-hydrogen) atoms. The van der Waals surface area contributed by atoms with Crippen molar-refractivity contribution in [2.45, 2.75) is 43.7 Å². The van der Waals surface area contributed by atoms with Crippen LogP contribution in [0.25, 0.3) is 0 Å². The second kappa shape index (κ2) is 6.31. The van der Waals surface area contributed by atoms with E-state index < -0.39 is 0 Å². The molecule has 1 aliphatic carbocycles. The Kier molecular flexibility index (Phi) is 4.95. The highest BCUT2D eigenvalue weighted by Gasteiger charge is 2.38.